The lowest BCUT2D eigenvalue weighted by atomic mass is 9.92. The maximum Gasteiger partial charge on any atom is 0.337 e. The van der Waals surface area contributed by atoms with Gasteiger partial charge in [0.1, 0.15) is 0 Å². The Kier molecular flexibility index (Phi) is 4.22. The molecule has 0 fully saturated rings. The van der Waals surface area contributed by atoms with Crippen LogP contribution in [0.25, 0.3) is 17.2 Å². The Morgan fingerprint density at radius 2 is 2.04 bits per heavy atom. The molecular weight excluding hydrogens is 340 g/mol. The van der Waals surface area contributed by atoms with Crippen molar-refractivity contribution in [2.24, 2.45) is 0 Å². The van der Waals surface area contributed by atoms with E-state index in [2.05, 4.69) is 22.4 Å². The number of benzene rings is 1. The van der Waals surface area contributed by atoms with Gasteiger partial charge in [-0.3, -0.25) is 4.79 Å². The van der Waals surface area contributed by atoms with Crippen molar-refractivity contribution in [1.29, 1.82) is 0 Å². The number of rotatable bonds is 3. The number of fused-ring (bicyclic) bond motifs is 1. The number of allylic oxidation sites excluding steroid dienone is 2. The monoisotopic (exact) mass is 362 g/mol. The van der Waals surface area contributed by atoms with Crippen LogP contribution in [-0.2, 0) is 4.79 Å². The van der Waals surface area contributed by atoms with Gasteiger partial charge in [0.2, 0.25) is 0 Å². The molecular formula is C22H22N2O3. The summed E-state index contributed by atoms with van der Waals surface area (Å²) in [5, 5.41) is 12.3. The summed E-state index contributed by atoms with van der Waals surface area (Å²) in [6.07, 6.45) is 8.67. The number of carboxylic acids is 1. The second-order valence-corrected chi connectivity index (χ2v) is 7.22. The minimum atomic E-state index is -0.965. The summed E-state index contributed by atoms with van der Waals surface area (Å²) in [6, 6.07) is 6.09. The molecule has 1 aromatic heterocycles. The van der Waals surface area contributed by atoms with Crippen molar-refractivity contribution in [2.45, 2.75) is 39.5 Å². The largest absolute Gasteiger partial charge is 0.478 e. The summed E-state index contributed by atoms with van der Waals surface area (Å²) in [6.45, 7) is 3.48. The molecule has 0 radical (unpaired) electrons. The average Bonchev–Trinajstić information content (AvgIpc) is 3.11. The number of hydrogen-bond acceptors (Lipinski definition) is 2. The first-order chi connectivity index (χ1) is 13.0. The van der Waals surface area contributed by atoms with Crippen LogP contribution in [0.2, 0.25) is 0 Å². The van der Waals surface area contributed by atoms with Crippen LogP contribution in [0.3, 0.4) is 0 Å². The van der Waals surface area contributed by atoms with Crippen molar-refractivity contribution >= 4 is 34.8 Å². The van der Waals surface area contributed by atoms with Crippen LogP contribution in [0.1, 0.15) is 64.1 Å². The van der Waals surface area contributed by atoms with E-state index in [0.29, 0.717) is 22.5 Å². The van der Waals surface area contributed by atoms with E-state index in [0.717, 1.165) is 29.7 Å². The number of aromatic carboxylic acids is 1. The summed E-state index contributed by atoms with van der Waals surface area (Å²) in [7, 11) is 0. The Morgan fingerprint density at radius 1 is 1.22 bits per heavy atom. The van der Waals surface area contributed by atoms with Crippen molar-refractivity contribution in [1.82, 2.24) is 4.98 Å². The van der Waals surface area contributed by atoms with Crippen LogP contribution in [0, 0.1) is 13.8 Å². The van der Waals surface area contributed by atoms with Crippen LogP contribution >= 0.6 is 0 Å². The number of H-pyrrole nitrogens is 1. The molecule has 0 saturated heterocycles. The summed E-state index contributed by atoms with van der Waals surface area (Å²) in [5.41, 5.74) is 6.87. The summed E-state index contributed by atoms with van der Waals surface area (Å²) in [5.74, 6) is -1.13. The van der Waals surface area contributed by atoms with Crippen LogP contribution in [0.5, 0.6) is 0 Å². The molecule has 4 rings (SSSR count). The van der Waals surface area contributed by atoms with Gasteiger partial charge in [-0.25, -0.2) is 4.79 Å². The molecule has 3 N–H and O–H groups in total. The lowest BCUT2D eigenvalue weighted by Gasteiger charge is -2.13. The molecule has 0 saturated carbocycles. The third kappa shape index (κ3) is 2.99. The molecule has 2 aromatic rings. The molecule has 2 aliphatic rings. The van der Waals surface area contributed by atoms with Crippen LogP contribution in [-0.4, -0.2) is 22.0 Å². The smallest absolute Gasteiger partial charge is 0.337 e. The summed E-state index contributed by atoms with van der Waals surface area (Å²) < 4.78 is 0. The fourth-order valence-electron chi connectivity index (χ4n) is 4.02. The van der Waals surface area contributed by atoms with E-state index in [1.807, 2.05) is 12.1 Å². The predicted octanol–water partition coefficient (Wildman–Crippen LogP) is 4.78. The number of aryl methyl sites for hydroxylation is 1. The van der Waals surface area contributed by atoms with Gasteiger partial charge in [-0.1, -0.05) is 18.2 Å². The maximum atomic E-state index is 12.5. The van der Waals surface area contributed by atoms with Crippen molar-refractivity contribution < 1.29 is 14.7 Å². The van der Waals surface area contributed by atoms with E-state index < -0.39 is 5.97 Å². The molecule has 1 aliphatic heterocycles. The Hall–Kier alpha value is -3.08. The maximum absolute atomic E-state index is 12.5. The first-order valence-electron chi connectivity index (χ1n) is 9.25. The van der Waals surface area contributed by atoms with Crippen molar-refractivity contribution in [3.63, 3.8) is 0 Å². The van der Waals surface area contributed by atoms with Crippen molar-refractivity contribution in [3.8, 4) is 0 Å². The Balaban J connectivity index is 1.74. The fourth-order valence-corrected chi connectivity index (χ4v) is 4.02. The number of carbonyl (C=O) groups is 2. The number of nitrogens with one attached hydrogen (secondary N) is 2. The normalized spacial score (nSPS) is 17.6. The van der Waals surface area contributed by atoms with E-state index in [-0.39, 0.29) is 11.5 Å². The molecule has 5 nitrogen and oxygen atoms in total. The number of aromatic amines is 1. The molecule has 2 heterocycles. The number of carboxylic acid groups (broad SMARTS) is 1. The zero-order chi connectivity index (χ0) is 19.1. The van der Waals surface area contributed by atoms with Gasteiger partial charge in [-0.15, -0.1) is 0 Å². The van der Waals surface area contributed by atoms with Crippen molar-refractivity contribution in [3.05, 3.63) is 57.9 Å². The average molecular weight is 362 g/mol. The van der Waals surface area contributed by atoms with Gasteiger partial charge in [-0.2, -0.15) is 0 Å². The molecule has 1 aromatic carbocycles. The van der Waals surface area contributed by atoms with Crippen LogP contribution in [0.15, 0.2) is 24.3 Å². The number of anilines is 1. The highest BCUT2D eigenvalue weighted by Crippen LogP contribution is 2.37. The van der Waals surface area contributed by atoms with E-state index in [4.69, 9.17) is 0 Å². The topological polar surface area (TPSA) is 82.2 Å². The van der Waals surface area contributed by atoms with E-state index >= 15 is 0 Å². The zero-order valence-corrected chi connectivity index (χ0v) is 15.5. The first-order valence-corrected chi connectivity index (χ1v) is 9.25. The quantitative estimate of drug-likeness (QED) is 0.687. The summed E-state index contributed by atoms with van der Waals surface area (Å²) >= 11 is 0. The minimum absolute atomic E-state index is 0.164. The lowest BCUT2D eigenvalue weighted by Crippen LogP contribution is -2.04. The number of carbonyl (C=O) groups excluding carboxylic acids is 1. The van der Waals surface area contributed by atoms with Gasteiger partial charge in [-0.05, 0) is 68.4 Å². The van der Waals surface area contributed by atoms with E-state index in [1.165, 1.54) is 18.4 Å². The fraction of sp³-hybridized carbons (Fsp3) is 0.273. The van der Waals surface area contributed by atoms with E-state index in [9.17, 15) is 14.7 Å². The van der Waals surface area contributed by atoms with Gasteiger partial charge >= 0.3 is 5.97 Å². The predicted molar refractivity (Wildman–Crippen MR) is 107 cm³/mol. The molecule has 138 valence electrons. The standard InChI is InChI=1S/C22H22N2O3/c1-12-18(23-13(2)20(12)22(26)27)11-17-16-9-8-15(10-19(16)24-21(17)25)14-6-4-3-5-7-14/h6,8-11,23H,3-5,7H2,1-2H3,(H,24,25)(H,26,27). The molecule has 1 aliphatic carbocycles. The highest BCUT2D eigenvalue weighted by atomic mass is 16.4. The van der Waals surface area contributed by atoms with Crippen LogP contribution < -0.4 is 5.32 Å². The second-order valence-electron chi connectivity index (χ2n) is 7.22. The number of amides is 1. The molecule has 0 spiro atoms. The minimum Gasteiger partial charge on any atom is -0.478 e. The molecule has 1 amide bonds. The third-order valence-corrected chi connectivity index (χ3v) is 5.44. The van der Waals surface area contributed by atoms with E-state index in [1.54, 1.807) is 19.9 Å². The molecule has 27 heavy (non-hydrogen) atoms. The number of hydrogen-bond donors (Lipinski definition) is 3. The van der Waals surface area contributed by atoms with Gasteiger partial charge in [0.05, 0.1) is 11.1 Å². The van der Waals surface area contributed by atoms with Gasteiger partial charge in [0.25, 0.3) is 5.91 Å². The molecule has 5 heteroatoms. The summed E-state index contributed by atoms with van der Waals surface area (Å²) in [4.78, 5) is 27.0. The Labute approximate surface area is 157 Å². The third-order valence-electron chi connectivity index (χ3n) is 5.44. The van der Waals surface area contributed by atoms with Gasteiger partial charge in [0.15, 0.2) is 0 Å². The molecule has 0 bridgehead atoms. The van der Waals surface area contributed by atoms with Gasteiger partial charge < -0.3 is 15.4 Å². The second kappa shape index (κ2) is 6.58. The molecule has 0 unspecified atom stereocenters. The molecule has 0 atom stereocenters. The first kappa shape index (κ1) is 17.3. The highest BCUT2D eigenvalue weighted by molar-refractivity contribution is 6.35. The SMILES string of the molecule is Cc1[nH]c(C=C2C(=O)Nc3cc(C4=CCCCC4)ccc32)c(C)c1C(=O)O. The number of aromatic nitrogens is 1. The zero-order valence-electron chi connectivity index (χ0n) is 15.5. The Bertz CT molecular complexity index is 1020. The van der Waals surface area contributed by atoms with Gasteiger partial charge in [0, 0.05) is 22.6 Å². The van der Waals surface area contributed by atoms with Crippen molar-refractivity contribution in [2.75, 3.05) is 5.32 Å². The highest BCUT2D eigenvalue weighted by Gasteiger charge is 2.26. The Morgan fingerprint density at radius 3 is 2.70 bits per heavy atom. The lowest BCUT2D eigenvalue weighted by molar-refractivity contribution is -0.110. The van der Waals surface area contributed by atoms with Crippen LogP contribution in [0.4, 0.5) is 5.69 Å².